The normalized spacial score (nSPS) is 11.6. The second kappa shape index (κ2) is 4.80. The number of benzene rings is 2. The van der Waals surface area contributed by atoms with Crippen molar-refractivity contribution < 1.29 is 17.6 Å². The fourth-order valence-electron chi connectivity index (χ4n) is 1.73. The summed E-state index contributed by atoms with van der Waals surface area (Å²) >= 11 is 0. The Labute approximate surface area is 102 Å². The Morgan fingerprint density at radius 3 is 2.28 bits per heavy atom. The average molecular weight is 253 g/mol. The van der Waals surface area contributed by atoms with Crippen LogP contribution >= 0.6 is 0 Å². The topological polar surface area (TPSA) is 0 Å². The molecule has 0 heterocycles. The Balaban J connectivity index is 2.44. The highest BCUT2D eigenvalue weighted by Gasteiger charge is 2.34. The number of hydrogen-bond acceptors (Lipinski definition) is 0. The van der Waals surface area contributed by atoms with Crippen LogP contribution in [0.5, 0.6) is 0 Å². The molecule has 0 aliphatic heterocycles. The lowest BCUT2D eigenvalue weighted by atomic mass is 9.99. The van der Waals surface area contributed by atoms with Gasteiger partial charge in [0.05, 0.1) is 5.56 Å². The molecule has 0 aliphatic carbocycles. The van der Waals surface area contributed by atoms with Crippen molar-refractivity contribution in [3.63, 3.8) is 0 Å². The van der Waals surface area contributed by atoms with Gasteiger partial charge in [-0.1, -0.05) is 36.4 Å². The van der Waals surface area contributed by atoms with Crippen molar-refractivity contribution in [1.82, 2.24) is 0 Å². The first-order chi connectivity index (χ1) is 8.48. The first-order valence-corrected chi connectivity index (χ1v) is 5.28. The summed E-state index contributed by atoms with van der Waals surface area (Å²) in [5, 5.41) is 0. The minimum Gasteiger partial charge on any atom is -0.207 e. The van der Waals surface area contributed by atoms with Crippen LogP contribution in [0.1, 0.15) is 16.7 Å². The molecule has 2 aromatic carbocycles. The minimum absolute atomic E-state index is 0.0984. The van der Waals surface area contributed by atoms with Crippen LogP contribution in [0.4, 0.5) is 17.6 Å². The third-order valence-corrected chi connectivity index (χ3v) is 2.55. The Morgan fingerprint density at radius 2 is 1.67 bits per heavy atom. The van der Waals surface area contributed by atoms with Gasteiger partial charge in [-0.05, 0) is 17.7 Å². The monoisotopic (exact) mass is 253 g/mol. The molecule has 93 valence electrons. The van der Waals surface area contributed by atoms with Crippen molar-refractivity contribution in [3.8, 4) is 0 Å². The van der Waals surface area contributed by atoms with Crippen LogP contribution in [0, 0.1) is 11.9 Å². The van der Waals surface area contributed by atoms with E-state index < -0.39 is 17.6 Å². The zero-order valence-corrected chi connectivity index (χ0v) is 9.26. The second-order valence-electron chi connectivity index (χ2n) is 3.84. The molecule has 18 heavy (non-hydrogen) atoms. The van der Waals surface area contributed by atoms with Gasteiger partial charge < -0.3 is 0 Å². The number of alkyl halides is 3. The summed E-state index contributed by atoms with van der Waals surface area (Å²) in [5.74, 6) is -0.857. The fraction of sp³-hybridized carbons (Fsp3) is 0.143. The molecule has 0 aromatic heterocycles. The van der Waals surface area contributed by atoms with Crippen molar-refractivity contribution in [2.24, 2.45) is 0 Å². The maximum atomic E-state index is 13.5. The zero-order valence-electron chi connectivity index (χ0n) is 9.26. The second-order valence-corrected chi connectivity index (χ2v) is 3.84. The van der Waals surface area contributed by atoms with Crippen LogP contribution in [0.25, 0.3) is 0 Å². The van der Waals surface area contributed by atoms with E-state index >= 15 is 0 Å². The highest BCUT2D eigenvalue weighted by Crippen LogP contribution is 2.33. The number of halogens is 4. The summed E-state index contributed by atoms with van der Waals surface area (Å²) in [7, 11) is 0. The summed E-state index contributed by atoms with van der Waals surface area (Å²) in [4.78, 5) is 0. The van der Waals surface area contributed by atoms with Crippen molar-refractivity contribution in [3.05, 3.63) is 71.0 Å². The molecule has 2 rings (SSSR count). The number of hydrogen-bond donors (Lipinski definition) is 0. The van der Waals surface area contributed by atoms with Crippen molar-refractivity contribution in [2.45, 2.75) is 12.6 Å². The van der Waals surface area contributed by atoms with Crippen LogP contribution in [-0.2, 0) is 12.6 Å². The molecule has 0 N–H and O–H groups in total. The predicted molar refractivity (Wildman–Crippen MR) is 59.5 cm³/mol. The van der Waals surface area contributed by atoms with Crippen LogP contribution in [-0.4, -0.2) is 0 Å². The van der Waals surface area contributed by atoms with Crippen molar-refractivity contribution >= 4 is 0 Å². The molecular weight excluding hydrogens is 244 g/mol. The van der Waals surface area contributed by atoms with E-state index in [-0.39, 0.29) is 12.0 Å². The van der Waals surface area contributed by atoms with Gasteiger partial charge in [0, 0.05) is 12.0 Å². The Hall–Kier alpha value is -1.84. The van der Waals surface area contributed by atoms with Gasteiger partial charge in [0.25, 0.3) is 0 Å². The largest absolute Gasteiger partial charge is 0.417 e. The van der Waals surface area contributed by atoms with Gasteiger partial charge in [-0.2, -0.15) is 13.2 Å². The molecule has 0 amide bonds. The van der Waals surface area contributed by atoms with E-state index in [1.165, 1.54) is 0 Å². The van der Waals surface area contributed by atoms with Gasteiger partial charge in [0.1, 0.15) is 5.82 Å². The summed E-state index contributed by atoms with van der Waals surface area (Å²) in [6.45, 7) is 0. The van der Waals surface area contributed by atoms with Gasteiger partial charge in [-0.25, -0.2) is 4.39 Å². The van der Waals surface area contributed by atoms with Crippen molar-refractivity contribution in [1.29, 1.82) is 0 Å². The molecule has 0 atom stereocenters. The molecule has 0 saturated carbocycles. The van der Waals surface area contributed by atoms with E-state index in [9.17, 15) is 17.6 Å². The summed E-state index contributed by atoms with van der Waals surface area (Å²) in [5.41, 5.74) is -0.774. The van der Waals surface area contributed by atoms with Crippen LogP contribution in [0.3, 0.4) is 0 Å². The minimum atomic E-state index is -4.59. The fourth-order valence-corrected chi connectivity index (χ4v) is 1.73. The molecule has 0 nitrogen and oxygen atoms in total. The lowest BCUT2D eigenvalue weighted by Gasteiger charge is -2.13. The SMILES string of the molecule is Fc1cc[c]c(C(F)(F)F)c1Cc1ccccc1. The van der Waals surface area contributed by atoms with E-state index in [1.54, 1.807) is 30.3 Å². The van der Waals surface area contributed by atoms with Gasteiger partial charge >= 0.3 is 6.18 Å². The van der Waals surface area contributed by atoms with E-state index in [2.05, 4.69) is 6.07 Å². The number of rotatable bonds is 2. The highest BCUT2D eigenvalue weighted by atomic mass is 19.4. The Kier molecular flexibility index (Phi) is 3.36. The maximum Gasteiger partial charge on any atom is 0.417 e. The highest BCUT2D eigenvalue weighted by molar-refractivity contribution is 5.35. The van der Waals surface area contributed by atoms with Gasteiger partial charge in [-0.15, -0.1) is 0 Å². The standard InChI is InChI=1S/C14H9F4/c15-13-8-4-7-12(14(16,17)18)11(13)9-10-5-2-1-3-6-10/h1-6,8H,9H2. The summed E-state index contributed by atoms with van der Waals surface area (Å²) in [6.07, 6.45) is -4.69. The molecule has 0 aliphatic rings. The Bertz CT molecular complexity index is 529. The maximum absolute atomic E-state index is 13.5. The van der Waals surface area contributed by atoms with Crippen molar-refractivity contribution in [2.75, 3.05) is 0 Å². The van der Waals surface area contributed by atoms with E-state index in [4.69, 9.17) is 0 Å². The van der Waals surface area contributed by atoms with Gasteiger partial charge in [0.2, 0.25) is 0 Å². The van der Waals surface area contributed by atoms with Gasteiger partial charge in [-0.3, -0.25) is 0 Å². The molecule has 0 unspecified atom stereocenters. The molecule has 0 bridgehead atoms. The molecule has 0 saturated heterocycles. The first kappa shape index (κ1) is 12.6. The van der Waals surface area contributed by atoms with Crippen LogP contribution < -0.4 is 0 Å². The summed E-state index contributed by atoms with van der Waals surface area (Å²) < 4.78 is 51.7. The predicted octanol–water partition coefficient (Wildman–Crippen LogP) is 4.24. The zero-order chi connectivity index (χ0) is 13.2. The molecule has 0 fully saturated rings. The summed E-state index contributed by atoms with van der Waals surface area (Å²) in [6, 6.07) is 12.5. The molecule has 2 aromatic rings. The smallest absolute Gasteiger partial charge is 0.207 e. The lowest BCUT2D eigenvalue weighted by Crippen LogP contribution is -2.11. The van der Waals surface area contributed by atoms with E-state index in [0.717, 1.165) is 12.1 Å². The molecule has 0 spiro atoms. The first-order valence-electron chi connectivity index (χ1n) is 5.28. The molecule has 1 radical (unpaired) electrons. The average Bonchev–Trinajstić information content (AvgIpc) is 2.32. The molecule has 4 heteroatoms. The third-order valence-electron chi connectivity index (χ3n) is 2.55. The van der Waals surface area contributed by atoms with E-state index in [1.807, 2.05) is 0 Å². The molecular formula is C14H9F4. The Morgan fingerprint density at radius 1 is 1.00 bits per heavy atom. The quantitative estimate of drug-likeness (QED) is 0.702. The van der Waals surface area contributed by atoms with Crippen LogP contribution in [0.15, 0.2) is 42.5 Å². The van der Waals surface area contributed by atoms with Gasteiger partial charge in [0.15, 0.2) is 0 Å². The van der Waals surface area contributed by atoms with Crippen LogP contribution in [0.2, 0.25) is 0 Å². The van der Waals surface area contributed by atoms with E-state index in [0.29, 0.717) is 5.56 Å². The lowest BCUT2D eigenvalue weighted by molar-refractivity contribution is -0.138. The third kappa shape index (κ3) is 2.70.